The Morgan fingerprint density at radius 1 is 0.658 bits per heavy atom. The van der Waals surface area contributed by atoms with Gasteiger partial charge in [0.25, 0.3) is 0 Å². The molecule has 0 radical (unpaired) electrons. The van der Waals surface area contributed by atoms with Gasteiger partial charge in [-0.25, -0.2) is 0 Å². The smallest absolute Gasteiger partial charge is 0.136 e. The SMILES string of the molecule is C=C(N=C(C)c1ccccc1)c1ccc2c(c1)oc1ccc(-c3ccc4c(c3)sc3cc(C)ccc34)cc12. The van der Waals surface area contributed by atoms with Gasteiger partial charge in [-0.3, -0.25) is 4.99 Å². The maximum Gasteiger partial charge on any atom is 0.136 e. The highest BCUT2D eigenvalue weighted by molar-refractivity contribution is 7.25. The van der Waals surface area contributed by atoms with E-state index in [4.69, 9.17) is 9.41 Å². The molecule has 0 fully saturated rings. The topological polar surface area (TPSA) is 25.5 Å². The van der Waals surface area contributed by atoms with Crippen LogP contribution in [0.3, 0.4) is 0 Å². The molecular formula is C35H25NOS. The highest BCUT2D eigenvalue weighted by atomic mass is 32.1. The van der Waals surface area contributed by atoms with Crippen LogP contribution < -0.4 is 0 Å². The fourth-order valence-electron chi connectivity index (χ4n) is 5.21. The number of hydrogen-bond acceptors (Lipinski definition) is 3. The second-order valence-electron chi connectivity index (χ2n) is 9.85. The molecule has 7 aromatic rings. The number of hydrogen-bond donors (Lipinski definition) is 0. The molecule has 0 bridgehead atoms. The minimum atomic E-state index is 0.723. The molecule has 0 spiro atoms. The molecule has 0 aliphatic rings. The van der Waals surface area contributed by atoms with E-state index in [1.165, 1.54) is 36.9 Å². The Morgan fingerprint density at radius 3 is 2.21 bits per heavy atom. The van der Waals surface area contributed by atoms with Crippen LogP contribution in [0.5, 0.6) is 0 Å². The lowest BCUT2D eigenvalue weighted by molar-refractivity contribution is 0.669. The van der Waals surface area contributed by atoms with E-state index >= 15 is 0 Å². The van der Waals surface area contributed by atoms with Crippen molar-refractivity contribution in [3.8, 4) is 11.1 Å². The molecule has 0 N–H and O–H groups in total. The highest BCUT2D eigenvalue weighted by Gasteiger charge is 2.12. The Balaban J connectivity index is 1.26. The Kier molecular flexibility index (Phi) is 5.27. The van der Waals surface area contributed by atoms with Crippen molar-refractivity contribution in [1.29, 1.82) is 0 Å². The standard InChI is InChI=1S/C35H25NOS/c1-21-9-13-29-30-15-11-27(20-35(30)38-34(29)17-21)26-12-16-32-31(18-26)28-14-10-25(19-33(28)37-32)23(3)36-22(2)24-7-5-4-6-8-24/h4-20H,3H2,1-2H3. The Bertz CT molecular complexity index is 2060. The van der Waals surface area contributed by atoms with Gasteiger partial charge in [0.05, 0.1) is 5.70 Å². The van der Waals surface area contributed by atoms with E-state index < -0.39 is 0 Å². The molecule has 0 aliphatic heterocycles. The third-order valence-electron chi connectivity index (χ3n) is 7.26. The Labute approximate surface area is 225 Å². The van der Waals surface area contributed by atoms with Crippen molar-refractivity contribution >= 4 is 64.9 Å². The molecule has 38 heavy (non-hydrogen) atoms. The lowest BCUT2D eigenvalue weighted by Gasteiger charge is -2.04. The van der Waals surface area contributed by atoms with Crippen LogP contribution in [0.4, 0.5) is 0 Å². The first kappa shape index (κ1) is 22.7. The van der Waals surface area contributed by atoms with E-state index in [1.54, 1.807) is 0 Å². The lowest BCUT2D eigenvalue weighted by atomic mass is 10.0. The van der Waals surface area contributed by atoms with E-state index in [-0.39, 0.29) is 0 Å². The quantitative estimate of drug-likeness (QED) is 0.218. The van der Waals surface area contributed by atoms with Crippen LogP contribution >= 0.6 is 11.3 Å². The van der Waals surface area contributed by atoms with Gasteiger partial charge in [0.2, 0.25) is 0 Å². The molecule has 0 saturated heterocycles. The van der Waals surface area contributed by atoms with Gasteiger partial charge in [-0.1, -0.05) is 73.3 Å². The summed E-state index contributed by atoms with van der Waals surface area (Å²) >= 11 is 1.86. The number of rotatable bonds is 4. The summed E-state index contributed by atoms with van der Waals surface area (Å²) in [5.41, 5.74) is 9.14. The van der Waals surface area contributed by atoms with Crippen LogP contribution in [-0.2, 0) is 0 Å². The van der Waals surface area contributed by atoms with Gasteiger partial charge in [-0.15, -0.1) is 11.3 Å². The molecule has 2 heterocycles. The Morgan fingerprint density at radius 2 is 1.37 bits per heavy atom. The number of aryl methyl sites for hydroxylation is 1. The average molecular weight is 508 g/mol. The fourth-order valence-corrected chi connectivity index (χ4v) is 6.45. The first-order valence-corrected chi connectivity index (χ1v) is 13.5. The molecule has 0 aliphatic carbocycles. The molecule has 0 saturated carbocycles. The van der Waals surface area contributed by atoms with Crippen LogP contribution in [0.25, 0.3) is 58.9 Å². The summed E-state index contributed by atoms with van der Waals surface area (Å²) in [6, 6.07) is 36.4. The molecule has 2 aromatic heterocycles. The van der Waals surface area contributed by atoms with Gasteiger partial charge in [0, 0.05) is 42.2 Å². The van der Waals surface area contributed by atoms with Gasteiger partial charge in [-0.05, 0) is 72.5 Å². The van der Waals surface area contributed by atoms with Gasteiger partial charge >= 0.3 is 0 Å². The van der Waals surface area contributed by atoms with Crippen molar-refractivity contribution in [2.45, 2.75) is 13.8 Å². The van der Waals surface area contributed by atoms with Crippen LogP contribution in [0.15, 0.2) is 119 Å². The fraction of sp³-hybridized carbons (Fsp3) is 0.0571. The number of furan rings is 1. The molecule has 0 unspecified atom stereocenters. The first-order valence-electron chi connectivity index (χ1n) is 12.7. The summed E-state index contributed by atoms with van der Waals surface area (Å²) in [6.45, 7) is 8.39. The van der Waals surface area contributed by atoms with Crippen LogP contribution in [0.2, 0.25) is 0 Å². The summed E-state index contributed by atoms with van der Waals surface area (Å²) < 4.78 is 8.91. The number of benzene rings is 5. The van der Waals surface area contributed by atoms with Gasteiger partial charge in [0.15, 0.2) is 0 Å². The van der Waals surface area contributed by atoms with Crippen molar-refractivity contribution in [2.75, 3.05) is 0 Å². The number of fused-ring (bicyclic) bond motifs is 6. The Hall–Kier alpha value is -4.47. The largest absolute Gasteiger partial charge is 0.456 e. The summed E-state index contributed by atoms with van der Waals surface area (Å²) in [7, 11) is 0. The average Bonchev–Trinajstić information content (AvgIpc) is 3.49. The second kappa shape index (κ2) is 8.83. The monoisotopic (exact) mass is 507 g/mol. The first-order chi connectivity index (χ1) is 18.5. The highest BCUT2D eigenvalue weighted by Crippen LogP contribution is 2.38. The minimum absolute atomic E-state index is 0.723. The number of nitrogens with zero attached hydrogens (tertiary/aromatic N) is 1. The normalized spacial score (nSPS) is 12.2. The predicted molar refractivity (Wildman–Crippen MR) is 164 cm³/mol. The third-order valence-corrected chi connectivity index (χ3v) is 8.38. The molecule has 182 valence electrons. The van der Waals surface area contributed by atoms with Crippen molar-refractivity contribution in [3.63, 3.8) is 0 Å². The second-order valence-corrected chi connectivity index (χ2v) is 10.9. The van der Waals surface area contributed by atoms with E-state index in [9.17, 15) is 0 Å². The van der Waals surface area contributed by atoms with E-state index in [0.717, 1.165) is 44.5 Å². The van der Waals surface area contributed by atoms with E-state index in [0.29, 0.717) is 0 Å². The summed E-state index contributed by atoms with van der Waals surface area (Å²) in [4.78, 5) is 4.76. The molecule has 0 atom stereocenters. The molecule has 2 nitrogen and oxygen atoms in total. The summed E-state index contributed by atoms with van der Waals surface area (Å²) in [6.07, 6.45) is 0. The summed E-state index contributed by atoms with van der Waals surface area (Å²) in [5, 5.41) is 4.87. The van der Waals surface area contributed by atoms with Crippen LogP contribution in [-0.4, -0.2) is 5.71 Å². The van der Waals surface area contributed by atoms with Crippen LogP contribution in [0, 0.1) is 6.92 Å². The van der Waals surface area contributed by atoms with Crippen molar-refractivity contribution < 1.29 is 4.42 Å². The minimum Gasteiger partial charge on any atom is -0.456 e. The van der Waals surface area contributed by atoms with Gasteiger partial charge < -0.3 is 4.42 Å². The molecule has 0 amide bonds. The lowest BCUT2D eigenvalue weighted by Crippen LogP contribution is -1.94. The van der Waals surface area contributed by atoms with E-state index in [2.05, 4.69) is 92.4 Å². The summed E-state index contributed by atoms with van der Waals surface area (Å²) in [5.74, 6) is 0. The molecule has 5 aromatic carbocycles. The maximum absolute atomic E-state index is 6.26. The maximum atomic E-state index is 6.26. The zero-order chi connectivity index (χ0) is 25.8. The number of aliphatic imine (C=N–C) groups is 1. The van der Waals surface area contributed by atoms with Crippen molar-refractivity contribution in [2.24, 2.45) is 4.99 Å². The van der Waals surface area contributed by atoms with Crippen molar-refractivity contribution in [3.05, 3.63) is 126 Å². The zero-order valence-electron chi connectivity index (χ0n) is 21.3. The van der Waals surface area contributed by atoms with Crippen LogP contribution in [0.1, 0.15) is 23.6 Å². The zero-order valence-corrected chi connectivity index (χ0v) is 22.1. The molecular weight excluding hydrogens is 482 g/mol. The van der Waals surface area contributed by atoms with Crippen molar-refractivity contribution in [1.82, 2.24) is 0 Å². The molecule has 7 rings (SSSR count). The van der Waals surface area contributed by atoms with E-state index in [1.807, 2.05) is 42.5 Å². The predicted octanol–water partition coefficient (Wildman–Crippen LogP) is 10.4. The van der Waals surface area contributed by atoms with Gasteiger partial charge in [-0.2, -0.15) is 0 Å². The number of thiophene rings is 1. The third kappa shape index (κ3) is 3.84. The molecule has 3 heteroatoms. The van der Waals surface area contributed by atoms with Gasteiger partial charge in [0.1, 0.15) is 11.2 Å².